The van der Waals surface area contributed by atoms with Crippen molar-refractivity contribution in [2.24, 2.45) is 11.8 Å². The quantitative estimate of drug-likeness (QED) is 0.588. The first-order valence-corrected chi connectivity index (χ1v) is 13.1. The number of nitrogens with zero attached hydrogens (tertiary/aromatic N) is 3. The Hall–Kier alpha value is -2.97. The second kappa shape index (κ2) is 9.82. The number of carbonyl (C=O) groups excluding carboxylic acids is 3. The van der Waals surface area contributed by atoms with Crippen LogP contribution >= 0.6 is 0 Å². The Morgan fingerprint density at radius 2 is 1.83 bits per heavy atom. The van der Waals surface area contributed by atoms with Crippen LogP contribution in [0.25, 0.3) is 0 Å². The number of likely N-dealkylation sites (tertiary alicyclic amines) is 1. The predicted molar refractivity (Wildman–Crippen MR) is 135 cm³/mol. The highest BCUT2D eigenvalue weighted by Gasteiger charge is 2.72. The van der Waals surface area contributed by atoms with E-state index in [4.69, 9.17) is 4.74 Å². The molecule has 0 bridgehead atoms. The maximum absolute atomic E-state index is 14.2. The van der Waals surface area contributed by atoms with Crippen molar-refractivity contribution in [3.8, 4) is 0 Å². The number of unbranched alkanes of at least 4 members (excludes halogenated alkanes) is 1. The van der Waals surface area contributed by atoms with E-state index in [2.05, 4.69) is 6.92 Å². The molecule has 6 atom stereocenters. The summed E-state index contributed by atoms with van der Waals surface area (Å²) < 4.78 is 6.65. The van der Waals surface area contributed by atoms with Gasteiger partial charge >= 0.3 is 0 Å². The summed E-state index contributed by atoms with van der Waals surface area (Å²) in [7, 11) is 0. The lowest BCUT2D eigenvalue weighted by molar-refractivity contribution is -0.150. The van der Waals surface area contributed by atoms with Gasteiger partial charge in [0.05, 0.1) is 30.6 Å². The molecule has 1 aromatic rings. The van der Waals surface area contributed by atoms with Gasteiger partial charge in [-0.1, -0.05) is 62.8 Å². The number of carbonyl (C=O) groups is 3. The summed E-state index contributed by atoms with van der Waals surface area (Å²) in [5, 5.41) is 10.2. The van der Waals surface area contributed by atoms with Gasteiger partial charge in [0.2, 0.25) is 17.7 Å². The third-order valence-corrected chi connectivity index (χ3v) is 8.10. The van der Waals surface area contributed by atoms with E-state index in [1.807, 2.05) is 61.6 Å². The molecule has 5 rings (SSSR count). The second-order valence-corrected chi connectivity index (χ2v) is 10.1. The standard InChI is InChI=1S/C28H35N3O5/c1-3-5-15-29-16-10-14-28-23(26(34)31(19(4-2)18-32)24(28)27(29)35)22-21(36-28)13-9-17-30(25(22)33)20-11-7-6-8-12-20/h6-14,19,21-24,32H,3-5,15-18H2,1-2H3/t19-,21+,22-,23-,24?,28-/m0/s1. The smallest absolute Gasteiger partial charge is 0.249 e. The van der Waals surface area contributed by atoms with E-state index in [0.29, 0.717) is 26.1 Å². The maximum atomic E-state index is 14.2. The van der Waals surface area contributed by atoms with Gasteiger partial charge in [-0.3, -0.25) is 14.4 Å². The van der Waals surface area contributed by atoms with Gasteiger partial charge in [0.25, 0.3) is 0 Å². The Balaban J connectivity index is 1.60. The van der Waals surface area contributed by atoms with Crippen molar-refractivity contribution in [3.63, 3.8) is 0 Å². The molecule has 3 amide bonds. The Bertz CT molecular complexity index is 1070. The van der Waals surface area contributed by atoms with E-state index < -0.39 is 35.6 Å². The predicted octanol–water partition coefficient (Wildman–Crippen LogP) is 2.14. The van der Waals surface area contributed by atoms with Gasteiger partial charge in [-0.25, -0.2) is 0 Å². The van der Waals surface area contributed by atoms with Gasteiger partial charge in [0.1, 0.15) is 11.6 Å². The average Bonchev–Trinajstić information content (AvgIpc) is 3.21. The monoisotopic (exact) mass is 493 g/mol. The SMILES string of the molecule is CCCCN1CC=C[C@]23O[C@@H]4C=CCN(c5ccccc5)C(=O)[C@@H]4[C@H]2C(=O)N([C@@H](CC)CO)C3C1=O. The molecule has 4 heterocycles. The van der Waals surface area contributed by atoms with E-state index in [0.717, 1.165) is 18.5 Å². The maximum Gasteiger partial charge on any atom is 0.249 e. The highest BCUT2D eigenvalue weighted by molar-refractivity contribution is 6.03. The Kier molecular flexibility index (Phi) is 6.74. The van der Waals surface area contributed by atoms with Crippen LogP contribution in [0.15, 0.2) is 54.6 Å². The van der Waals surface area contributed by atoms with Gasteiger partial charge in [-0.15, -0.1) is 0 Å². The number of amides is 3. The first kappa shape index (κ1) is 24.7. The zero-order valence-corrected chi connectivity index (χ0v) is 21.0. The number of benzene rings is 1. The molecule has 2 saturated heterocycles. The molecular weight excluding hydrogens is 458 g/mol. The van der Waals surface area contributed by atoms with Crippen LogP contribution in [0.4, 0.5) is 5.69 Å². The normalized spacial score (nSPS) is 32.3. The Morgan fingerprint density at radius 3 is 2.53 bits per heavy atom. The molecule has 1 aromatic carbocycles. The summed E-state index contributed by atoms with van der Waals surface area (Å²) in [5.74, 6) is -2.26. The number of aliphatic hydroxyl groups is 1. The zero-order valence-electron chi connectivity index (χ0n) is 21.0. The molecule has 36 heavy (non-hydrogen) atoms. The van der Waals surface area contributed by atoms with Crippen LogP contribution in [0.2, 0.25) is 0 Å². The van der Waals surface area contributed by atoms with E-state index in [1.54, 1.807) is 9.80 Å². The molecule has 192 valence electrons. The summed E-state index contributed by atoms with van der Waals surface area (Å²) >= 11 is 0. The van der Waals surface area contributed by atoms with Crippen LogP contribution < -0.4 is 4.90 Å². The van der Waals surface area contributed by atoms with Gasteiger partial charge in [-0.05, 0) is 25.0 Å². The lowest BCUT2D eigenvalue weighted by atomic mass is 9.77. The molecule has 8 heteroatoms. The minimum atomic E-state index is -1.26. The number of anilines is 1. The van der Waals surface area contributed by atoms with Gasteiger partial charge in [0.15, 0.2) is 0 Å². The van der Waals surface area contributed by atoms with Crippen molar-refractivity contribution in [1.82, 2.24) is 9.80 Å². The van der Waals surface area contributed by atoms with E-state index in [9.17, 15) is 19.5 Å². The molecule has 2 fully saturated rings. The molecule has 8 nitrogen and oxygen atoms in total. The summed E-state index contributed by atoms with van der Waals surface area (Å²) in [5.41, 5.74) is -0.500. The number of rotatable bonds is 7. The minimum absolute atomic E-state index is 0.177. The summed E-state index contributed by atoms with van der Waals surface area (Å²) in [4.78, 5) is 47.2. The topological polar surface area (TPSA) is 90.4 Å². The molecule has 0 saturated carbocycles. The third kappa shape index (κ3) is 3.69. The minimum Gasteiger partial charge on any atom is -0.394 e. The number of fused-ring (bicyclic) bond motifs is 2. The van der Waals surface area contributed by atoms with E-state index >= 15 is 0 Å². The summed E-state index contributed by atoms with van der Waals surface area (Å²) in [6, 6.07) is 7.96. The molecule has 0 radical (unpaired) electrons. The molecule has 4 aliphatic rings. The summed E-state index contributed by atoms with van der Waals surface area (Å²) in [6.45, 7) is 5.10. The van der Waals surface area contributed by atoms with E-state index in [1.165, 1.54) is 4.90 Å². The van der Waals surface area contributed by atoms with Crippen molar-refractivity contribution in [2.75, 3.05) is 31.1 Å². The zero-order chi connectivity index (χ0) is 25.4. The number of hydrogen-bond acceptors (Lipinski definition) is 5. The number of para-hydroxylation sites is 1. The van der Waals surface area contributed by atoms with Crippen molar-refractivity contribution in [3.05, 3.63) is 54.6 Å². The van der Waals surface area contributed by atoms with Gasteiger partial charge in [-0.2, -0.15) is 0 Å². The fourth-order valence-corrected chi connectivity index (χ4v) is 6.32. The van der Waals surface area contributed by atoms with Crippen LogP contribution in [0.5, 0.6) is 0 Å². The highest BCUT2D eigenvalue weighted by Crippen LogP contribution is 2.54. The molecule has 1 N–H and O–H groups in total. The third-order valence-electron chi connectivity index (χ3n) is 8.10. The first-order chi connectivity index (χ1) is 17.5. The van der Waals surface area contributed by atoms with Crippen LogP contribution in [0.3, 0.4) is 0 Å². The largest absolute Gasteiger partial charge is 0.394 e. The lowest BCUT2D eigenvalue weighted by Gasteiger charge is -2.38. The van der Waals surface area contributed by atoms with Crippen LogP contribution in [-0.4, -0.2) is 82.7 Å². The first-order valence-electron chi connectivity index (χ1n) is 13.1. The fourth-order valence-electron chi connectivity index (χ4n) is 6.32. The number of hydrogen-bond donors (Lipinski definition) is 1. The van der Waals surface area contributed by atoms with Crippen LogP contribution in [0.1, 0.15) is 33.1 Å². The molecular formula is C28H35N3O5. The molecule has 0 aliphatic carbocycles. The van der Waals surface area contributed by atoms with Gasteiger partial charge < -0.3 is 24.5 Å². The Morgan fingerprint density at radius 1 is 1.06 bits per heavy atom. The summed E-state index contributed by atoms with van der Waals surface area (Å²) in [6.07, 6.45) is 9.22. The average molecular weight is 494 g/mol. The lowest BCUT2D eigenvalue weighted by Crippen LogP contribution is -2.58. The number of aliphatic hydroxyl groups excluding tert-OH is 1. The molecule has 4 aliphatic heterocycles. The van der Waals surface area contributed by atoms with Crippen molar-refractivity contribution < 1.29 is 24.2 Å². The van der Waals surface area contributed by atoms with E-state index in [-0.39, 0.29) is 24.3 Å². The Labute approximate surface area is 212 Å². The molecule has 1 unspecified atom stereocenters. The van der Waals surface area contributed by atoms with Crippen molar-refractivity contribution in [2.45, 2.75) is 56.9 Å². The van der Waals surface area contributed by atoms with Crippen molar-refractivity contribution >= 4 is 23.4 Å². The number of ether oxygens (including phenoxy) is 1. The molecule has 1 spiro atoms. The molecule has 0 aromatic heterocycles. The second-order valence-electron chi connectivity index (χ2n) is 10.1. The van der Waals surface area contributed by atoms with Crippen LogP contribution in [-0.2, 0) is 19.1 Å². The fraction of sp³-hybridized carbons (Fsp3) is 0.536. The highest BCUT2D eigenvalue weighted by atomic mass is 16.5. The van der Waals surface area contributed by atoms with Crippen molar-refractivity contribution in [1.29, 1.82) is 0 Å². The van der Waals surface area contributed by atoms with Gasteiger partial charge in [0, 0.05) is 25.3 Å². The van der Waals surface area contributed by atoms with Crippen LogP contribution in [0, 0.1) is 11.8 Å².